The highest BCUT2D eigenvalue weighted by Gasteiger charge is 2.26. The third-order valence-corrected chi connectivity index (χ3v) is 2.52. The second kappa shape index (κ2) is 4.61. The van der Waals surface area contributed by atoms with Crippen LogP contribution in [-0.2, 0) is 9.90 Å². The van der Waals surface area contributed by atoms with Crippen molar-refractivity contribution < 1.29 is 9.90 Å². The predicted molar refractivity (Wildman–Crippen MR) is 49.7 cm³/mol. The molecule has 0 saturated carbocycles. The van der Waals surface area contributed by atoms with Crippen LogP contribution in [0.15, 0.2) is 0 Å². The lowest BCUT2D eigenvalue weighted by molar-refractivity contribution is -0.147. The molecule has 1 aliphatic heterocycles. The molecule has 1 amide bonds. The van der Waals surface area contributed by atoms with Gasteiger partial charge in [-0.25, -0.2) is 5.11 Å². The van der Waals surface area contributed by atoms with Gasteiger partial charge in [0.25, 0.3) is 5.91 Å². The fraction of sp³-hybridized carbons (Fsp3) is 0.900. The first-order valence-corrected chi connectivity index (χ1v) is 5.07. The maximum absolute atomic E-state index is 11.6. The standard InChI is InChI=1S/C10H18NO2/c1-8(2)9(12)10(13)11-6-4-3-5-7-11/h8-9H,3-7H2,1-2H3. The zero-order valence-electron chi connectivity index (χ0n) is 8.45. The first-order chi connectivity index (χ1) is 6.13. The fourth-order valence-electron chi connectivity index (χ4n) is 1.58. The van der Waals surface area contributed by atoms with Crippen LogP contribution in [0, 0.1) is 5.92 Å². The largest absolute Gasteiger partial charge is 0.340 e. The molecule has 1 radical (unpaired) electrons. The SMILES string of the molecule is CC(C)C([O])C(=O)N1CCCCC1. The number of carbonyl (C=O) groups is 1. The van der Waals surface area contributed by atoms with Gasteiger partial charge in [-0.05, 0) is 25.2 Å². The molecule has 0 N–H and O–H groups in total. The highest BCUT2D eigenvalue weighted by Crippen LogP contribution is 2.13. The molecule has 0 spiro atoms. The van der Waals surface area contributed by atoms with Crippen LogP contribution in [0.1, 0.15) is 33.1 Å². The normalized spacial score (nSPS) is 20.5. The number of hydrogen-bond donors (Lipinski definition) is 0. The van der Waals surface area contributed by atoms with E-state index in [-0.39, 0.29) is 11.8 Å². The van der Waals surface area contributed by atoms with E-state index in [0.29, 0.717) is 0 Å². The van der Waals surface area contributed by atoms with Crippen molar-refractivity contribution in [3.05, 3.63) is 0 Å². The minimum Gasteiger partial charge on any atom is -0.340 e. The summed E-state index contributed by atoms with van der Waals surface area (Å²) in [5, 5.41) is 11.4. The van der Waals surface area contributed by atoms with Crippen molar-refractivity contribution in [1.82, 2.24) is 4.90 Å². The van der Waals surface area contributed by atoms with Crippen molar-refractivity contribution in [3.63, 3.8) is 0 Å². The Balaban J connectivity index is 2.45. The van der Waals surface area contributed by atoms with Crippen LogP contribution in [-0.4, -0.2) is 30.0 Å². The highest BCUT2D eigenvalue weighted by atomic mass is 16.3. The molecule has 1 aliphatic rings. The Labute approximate surface area is 79.7 Å². The molecule has 1 fully saturated rings. The summed E-state index contributed by atoms with van der Waals surface area (Å²) in [5.41, 5.74) is 0. The Morgan fingerprint density at radius 1 is 1.15 bits per heavy atom. The van der Waals surface area contributed by atoms with Gasteiger partial charge in [0.15, 0.2) is 6.10 Å². The molecule has 3 nitrogen and oxygen atoms in total. The monoisotopic (exact) mass is 184 g/mol. The second-order valence-electron chi connectivity index (χ2n) is 4.05. The lowest BCUT2D eigenvalue weighted by Crippen LogP contribution is -2.43. The average molecular weight is 184 g/mol. The van der Waals surface area contributed by atoms with Gasteiger partial charge in [-0.1, -0.05) is 13.8 Å². The minimum absolute atomic E-state index is 0.0885. The van der Waals surface area contributed by atoms with Gasteiger partial charge in [-0.3, -0.25) is 4.79 Å². The van der Waals surface area contributed by atoms with Gasteiger partial charge in [0.2, 0.25) is 0 Å². The van der Waals surface area contributed by atoms with Crippen molar-refractivity contribution in [2.75, 3.05) is 13.1 Å². The fourth-order valence-corrected chi connectivity index (χ4v) is 1.58. The summed E-state index contributed by atoms with van der Waals surface area (Å²) in [6.45, 7) is 5.17. The molecule has 13 heavy (non-hydrogen) atoms. The predicted octanol–water partition coefficient (Wildman–Crippen LogP) is 1.45. The number of piperidine rings is 1. The van der Waals surface area contributed by atoms with Crippen LogP contribution in [0.5, 0.6) is 0 Å². The molecule has 1 atom stereocenters. The molecule has 0 aromatic carbocycles. The van der Waals surface area contributed by atoms with E-state index < -0.39 is 6.10 Å². The molecule has 1 rings (SSSR count). The number of nitrogens with zero attached hydrogens (tertiary/aromatic N) is 1. The number of hydrogen-bond acceptors (Lipinski definition) is 1. The molecular weight excluding hydrogens is 166 g/mol. The Hall–Kier alpha value is -0.570. The van der Waals surface area contributed by atoms with Crippen molar-refractivity contribution >= 4 is 5.91 Å². The van der Waals surface area contributed by atoms with E-state index in [1.165, 1.54) is 6.42 Å². The maximum Gasteiger partial charge on any atom is 0.255 e. The number of amides is 1. The molecule has 1 unspecified atom stereocenters. The van der Waals surface area contributed by atoms with Gasteiger partial charge in [-0.2, -0.15) is 0 Å². The summed E-state index contributed by atoms with van der Waals surface area (Å²) in [6, 6.07) is 0. The molecule has 75 valence electrons. The average Bonchev–Trinajstić information content (AvgIpc) is 2.17. The van der Waals surface area contributed by atoms with E-state index in [2.05, 4.69) is 0 Å². The van der Waals surface area contributed by atoms with Crippen molar-refractivity contribution in [3.8, 4) is 0 Å². The molecule has 0 aliphatic carbocycles. The molecule has 0 aromatic heterocycles. The summed E-state index contributed by atoms with van der Waals surface area (Å²) in [4.78, 5) is 13.3. The molecule has 3 heteroatoms. The second-order valence-corrected chi connectivity index (χ2v) is 4.05. The van der Waals surface area contributed by atoms with E-state index in [4.69, 9.17) is 0 Å². The Kier molecular flexibility index (Phi) is 3.72. The first kappa shape index (κ1) is 10.5. The quantitative estimate of drug-likeness (QED) is 0.640. The van der Waals surface area contributed by atoms with Crippen molar-refractivity contribution in [2.45, 2.75) is 39.2 Å². The van der Waals surface area contributed by atoms with Crippen molar-refractivity contribution in [2.24, 2.45) is 5.92 Å². The summed E-state index contributed by atoms with van der Waals surface area (Å²) in [5.74, 6) is -0.288. The lowest BCUT2D eigenvalue weighted by Gasteiger charge is -2.28. The van der Waals surface area contributed by atoms with E-state index in [1.54, 1.807) is 18.7 Å². The van der Waals surface area contributed by atoms with Gasteiger partial charge in [0.05, 0.1) is 0 Å². The summed E-state index contributed by atoms with van der Waals surface area (Å²) in [6.07, 6.45) is 2.24. The van der Waals surface area contributed by atoms with Gasteiger partial charge in [0.1, 0.15) is 0 Å². The van der Waals surface area contributed by atoms with E-state index >= 15 is 0 Å². The summed E-state index contributed by atoms with van der Waals surface area (Å²) < 4.78 is 0. The van der Waals surface area contributed by atoms with Crippen LogP contribution in [0.25, 0.3) is 0 Å². The lowest BCUT2D eigenvalue weighted by atomic mass is 10.0. The molecule has 1 heterocycles. The van der Waals surface area contributed by atoms with E-state index in [1.807, 2.05) is 0 Å². The zero-order valence-corrected chi connectivity index (χ0v) is 8.45. The topological polar surface area (TPSA) is 40.2 Å². The van der Waals surface area contributed by atoms with E-state index in [9.17, 15) is 9.90 Å². The zero-order chi connectivity index (χ0) is 9.84. The van der Waals surface area contributed by atoms with Crippen LogP contribution in [0.4, 0.5) is 0 Å². The number of rotatable bonds is 2. The van der Waals surface area contributed by atoms with Crippen LogP contribution in [0.2, 0.25) is 0 Å². The minimum atomic E-state index is -1.06. The Morgan fingerprint density at radius 2 is 1.69 bits per heavy atom. The number of carbonyl (C=O) groups excluding carboxylic acids is 1. The molecule has 0 aromatic rings. The van der Waals surface area contributed by atoms with Gasteiger partial charge in [-0.15, -0.1) is 0 Å². The summed E-state index contributed by atoms with van der Waals surface area (Å²) >= 11 is 0. The molecular formula is C10H18NO2. The van der Waals surface area contributed by atoms with E-state index in [0.717, 1.165) is 25.9 Å². The van der Waals surface area contributed by atoms with Gasteiger partial charge < -0.3 is 4.90 Å². The Morgan fingerprint density at radius 3 is 2.15 bits per heavy atom. The molecule has 1 saturated heterocycles. The van der Waals surface area contributed by atoms with Crippen molar-refractivity contribution in [1.29, 1.82) is 0 Å². The summed E-state index contributed by atoms with van der Waals surface area (Å²) in [7, 11) is 0. The van der Waals surface area contributed by atoms with Crippen LogP contribution in [0.3, 0.4) is 0 Å². The maximum atomic E-state index is 11.6. The van der Waals surface area contributed by atoms with Gasteiger partial charge >= 0.3 is 0 Å². The number of likely N-dealkylation sites (tertiary alicyclic amines) is 1. The highest BCUT2D eigenvalue weighted by molar-refractivity contribution is 5.80. The molecule has 0 bridgehead atoms. The first-order valence-electron chi connectivity index (χ1n) is 5.07. The van der Waals surface area contributed by atoms with Crippen LogP contribution < -0.4 is 0 Å². The van der Waals surface area contributed by atoms with Crippen LogP contribution >= 0.6 is 0 Å². The smallest absolute Gasteiger partial charge is 0.255 e. The third-order valence-electron chi connectivity index (χ3n) is 2.52. The Bertz CT molecular complexity index is 174. The third kappa shape index (κ3) is 2.69. The van der Waals surface area contributed by atoms with Gasteiger partial charge in [0, 0.05) is 13.1 Å².